The molecular formula is C13H25N3O2. The van der Waals surface area contributed by atoms with Crippen LogP contribution in [-0.4, -0.2) is 64.3 Å². The summed E-state index contributed by atoms with van der Waals surface area (Å²) in [7, 11) is 4.03. The highest BCUT2D eigenvalue weighted by Gasteiger charge is 2.47. The predicted molar refractivity (Wildman–Crippen MR) is 70.4 cm³/mol. The molecule has 0 saturated carbocycles. The zero-order chi connectivity index (χ0) is 13.0. The lowest BCUT2D eigenvalue weighted by atomic mass is 9.72. The highest BCUT2D eigenvalue weighted by Crippen LogP contribution is 2.40. The summed E-state index contributed by atoms with van der Waals surface area (Å²) in [6.07, 6.45) is 2.01. The number of carbonyl (C=O) groups excluding carboxylic acids is 1. The van der Waals surface area contributed by atoms with Crippen molar-refractivity contribution in [2.75, 3.05) is 53.5 Å². The van der Waals surface area contributed by atoms with Crippen LogP contribution in [0.2, 0.25) is 0 Å². The summed E-state index contributed by atoms with van der Waals surface area (Å²) < 4.78 is 5.43. The second kappa shape index (κ2) is 5.99. The number of nitrogens with zero attached hydrogens (tertiary/aromatic N) is 1. The number of ether oxygens (including phenoxy) is 1. The van der Waals surface area contributed by atoms with E-state index in [1.165, 1.54) is 0 Å². The first-order valence-electron chi connectivity index (χ1n) is 6.85. The molecule has 2 heterocycles. The van der Waals surface area contributed by atoms with Gasteiger partial charge in [0.15, 0.2) is 0 Å². The van der Waals surface area contributed by atoms with Gasteiger partial charge in [0.1, 0.15) is 0 Å². The van der Waals surface area contributed by atoms with E-state index in [1.807, 2.05) is 14.1 Å². The minimum Gasteiger partial charge on any atom is -0.381 e. The van der Waals surface area contributed by atoms with Gasteiger partial charge in [0.2, 0.25) is 5.91 Å². The van der Waals surface area contributed by atoms with Crippen LogP contribution in [-0.2, 0) is 9.53 Å². The number of amides is 1. The topological polar surface area (TPSA) is 53.6 Å². The van der Waals surface area contributed by atoms with Crippen molar-refractivity contribution in [3.05, 3.63) is 0 Å². The molecular weight excluding hydrogens is 230 g/mol. The Morgan fingerprint density at radius 3 is 2.83 bits per heavy atom. The summed E-state index contributed by atoms with van der Waals surface area (Å²) in [5.41, 5.74) is 0.139. The fourth-order valence-corrected chi connectivity index (χ4v) is 3.01. The molecule has 2 saturated heterocycles. The van der Waals surface area contributed by atoms with E-state index in [2.05, 4.69) is 15.5 Å². The van der Waals surface area contributed by atoms with E-state index in [-0.39, 0.29) is 17.2 Å². The highest BCUT2D eigenvalue weighted by atomic mass is 16.5. The fraction of sp³-hybridized carbons (Fsp3) is 0.923. The van der Waals surface area contributed by atoms with Gasteiger partial charge in [-0.25, -0.2) is 0 Å². The molecule has 1 atom stereocenters. The molecule has 104 valence electrons. The van der Waals surface area contributed by atoms with Crippen LogP contribution in [0.4, 0.5) is 0 Å². The summed E-state index contributed by atoms with van der Waals surface area (Å²) >= 11 is 0. The van der Waals surface area contributed by atoms with E-state index >= 15 is 0 Å². The van der Waals surface area contributed by atoms with E-state index < -0.39 is 0 Å². The molecule has 0 aromatic rings. The van der Waals surface area contributed by atoms with Crippen molar-refractivity contribution in [3.8, 4) is 0 Å². The SMILES string of the molecule is CN(C)CCNC(=O)C1CNCC12CCOCC2. The quantitative estimate of drug-likeness (QED) is 0.723. The Morgan fingerprint density at radius 1 is 1.44 bits per heavy atom. The van der Waals surface area contributed by atoms with E-state index in [0.29, 0.717) is 0 Å². The second-order valence-corrected chi connectivity index (χ2v) is 5.75. The van der Waals surface area contributed by atoms with Gasteiger partial charge in [-0.1, -0.05) is 0 Å². The molecule has 1 amide bonds. The first-order chi connectivity index (χ1) is 8.64. The van der Waals surface area contributed by atoms with Gasteiger partial charge in [-0.3, -0.25) is 4.79 Å². The van der Waals surface area contributed by atoms with Gasteiger partial charge in [-0.2, -0.15) is 0 Å². The summed E-state index contributed by atoms with van der Waals surface area (Å²) in [5.74, 6) is 0.326. The molecule has 2 fully saturated rings. The monoisotopic (exact) mass is 255 g/mol. The zero-order valence-corrected chi connectivity index (χ0v) is 11.5. The summed E-state index contributed by atoms with van der Waals surface area (Å²) in [6.45, 7) is 4.99. The smallest absolute Gasteiger partial charge is 0.225 e. The van der Waals surface area contributed by atoms with E-state index in [1.54, 1.807) is 0 Å². The van der Waals surface area contributed by atoms with Gasteiger partial charge in [-0.05, 0) is 32.4 Å². The Balaban J connectivity index is 1.88. The summed E-state index contributed by atoms with van der Waals surface area (Å²) in [6, 6.07) is 0. The van der Waals surface area contributed by atoms with E-state index in [0.717, 1.165) is 52.2 Å². The Labute approximate surface area is 109 Å². The Kier molecular flexibility index (Phi) is 4.59. The predicted octanol–water partition coefficient (Wildman–Crippen LogP) is -0.320. The van der Waals surface area contributed by atoms with Crippen LogP contribution in [0.3, 0.4) is 0 Å². The van der Waals surface area contributed by atoms with Crippen LogP contribution >= 0.6 is 0 Å². The maximum absolute atomic E-state index is 12.3. The Hall–Kier alpha value is -0.650. The largest absolute Gasteiger partial charge is 0.381 e. The van der Waals surface area contributed by atoms with Gasteiger partial charge in [0.25, 0.3) is 0 Å². The third-order valence-electron chi connectivity index (χ3n) is 4.23. The van der Waals surface area contributed by atoms with Crippen LogP contribution in [0.5, 0.6) is 0 Å². The van der Waals surface area contributed by atoms with Crippen molar-refractivity contribution in [3.63, 3.8) is 0 Å². The molecule has 18 heavy (non-hydrogen) atoms. The fourth-order valence-electron chi connectivity index (χ4n) is 3.01. The zero-order valence-electron chi connectivity index (χ0n) is 11.5. The van der Waals surface area contributed by atoms with Gasteiger partial charge in [0.05, 0.1) is 5.92 Å². The van der Waals surface area contributed by atoms with Crippen LogP contribution in [0.15, 0.2) is 0 Å². The molecule has 2 N–H and O–H groups in total. The molecule has 2 aliphatic rings. The molecule has 2 aliphatic heterocycles. The van der Waals surface area contributed by atoms with E-state index in [4.69, 9.17) is 4.74 Å². The molecule has 2 rings (SSSR count). The maximum atomic E-state index is 12.3. The van der Waals surface area contributed by atoms with Crippen LogP contribution in [0.1, 0.15) is 12.8 Å². The number of rotatable bonds is 4. The third-order valence-corrected chi connectivity index (χ3v) is 4.23. The van der Waals surface area contributed by atoms with Crippen molar-refractivity contribution in [1.82, 2.24) is 15.5 Å². The van der Waals surface area contributed by atoms with Crippen molar-refractivity contribution >= 4 is 5.91 Å². The second-order valence-electron chi connectivity index (χ2n) is 5.75. The molecule has 0 aromatic carbocycles. The summed E-state index contributed by atoms with van der Waals surface area (Å²) in [4.78, 5) is 14.4. The lowest BCUT2D eigenvalue weighted by Crippen LogP contribution is -2.45. The van der Waals surface area contributed by atoms with Gasteiger partial charge < -0.3 is 20.3 Å². The van der Waals surface area contributed by atoms with E-state index in [9.17, 15) is 4.79 Å². The van der Waals surface area contributed by atoms with Gasteiger partial charge >= 0.3 is 0 Å². The molecule has 5 heteroatoms. The van der Waals surface area contributed by atoms with Crippen molar-refractivity contribution in [2.45, 2.75) is 12.8 Å². The molecule has 1 spiro atoms. The van der Waals surface area contributed by atoms with Gasteiger partial charge in [-0.15, -0.1) is 0 Å². The van der Waals surface area contributed by atoms with Crippen LogP contribution < -0.4 is 10.6 Å². The lowest BCUT2D eigenvalue weighted by molar-refractivity contribution is -0.129. The standard InChI is InChI=1S/C13H25N3O2/c1-16(2)6-5-15-12(17)11-9-14-10-13(11)3-7-18-8-4-13/h11,14H,3-10H2,1-2H3,(H,15,17). The first kappa shape index (κ1) is 13.8. The maximum Gasteiger partial charge on any atom is 0.225 e. The number of likely N-dealkylation sites (N-methyl/N-ethyl adjacent to an activating group) is 1. The van der Waals surface area contributed by atoms with Crippen molar-refractivity contribution in [1.29, 1.82) is 0 Å². The van der Waals surface area contributed by atoms with Crippen molar-refractivity contribution in [2.24, 2.45) is 11.3 Å². The lowest BCUT2D eigenvalue weighted by Gasteiger charge is -2.37. The molecule has 0 aromatic heterocycles. The minimum atomic E-state index is 0.114. The highest BCUT2D eigenvalue weighted by molar-refractivity contribution is 5.80. The first-order valence-corrected chi connectivity index (χ1v) is 6.85. The third kappa shape index (κ3) is 3.02. The molecule has 0 radical (unpaired) electrons. The minimum absolute atomic E-state index is 0.114. The Bertz CT molecular complexity index is 288. The molecule has 0 bridgehead atoms. The Morgan fingerprint density at radius 2 is 2.17 bits per heavy atom. The molecule has 0 aliphatic carbocycles. The number of hydrogen-bond donors (Lipinski definition) is 2. The summed E-state index contributed by atoms with van der Waals surface area (Å²) in [5, 5.41) is 6.45. The van der Waals surface area contributed by atoms with Gasteiger partial charge in [0, 0.05) is 39.4 Å². The van der Waals surface area contributed by atoms with Crippen molar-refractivity contribution < 1.29 is 9.53 Å². The van der Waals surface area contributed by atoms with Crippen LogP contribution in [0, 0.1) is 11.3 Å². The number of nitrogens with one attached hydrogen (secondary N) is 2. The molecule has 5 nitrogen and oxygen atoms in total. The molecule has 1 unspecified atom stereocenters. The average Bonchev–Trinajstić information content (AvgIpc) is 2.73. The van der Waals surface area contributed by atoms with Crippen LogP contribution in [0.25, 0.3) is 0 Å². The number of carbonyl (C=O) groups is 1. The number of hydrogen-bond acceptors (Lipinski definition) is 4. The normalized spacial score (nSPS) is 26.7. The average molecular weight is 255 g/mol.